The van der Waals surface area contributed by atoms with E-state index >= 15 is 0 Å². The topological polar surface area (TPSA) is 114 Å². The highest BCUT2D eigenvalue weighted by molar-refractivity contribution is 5.85. The number of rotatable bonds is 8. The second kappa shape index (κ2) is 10.5. The molecule has 1 unspecified atom stereocenters. The molecule has 29 heavy (non-hydrogen) atoms. The zero-order valence-corrected chi connectivity index (χ0v) is 17.2. The van der Waals surface area contributed by atoms with Crippen molar-refractivity contribution in [1.82, 2.24) is 10.2 Å². The first-order valence-electron chi connectivity index (χ1n) is 9.69. The van der Waals surface area contributed by atoms with Crippen molar-refractivity contribution >= 4 is 23.6 Å². The van der Waals surface area contributed by atoms with Crippen LogP contribution in [0.4, 0.5) is 10.5 Å². The fourth-order valence-electron chi connectivity index (χ4n) is 3.19. The molecule has 1 aromatic rings. The molecule has 1 fully saturated rings. The van der Waals surface area contributed by atoms with Gasteiger partial charge in [0.25, 0.3) is 5.91 Å². The Balaban J connectivity index is 1.81. The molecule has 0 aliphatic carbocycles. The number of carbonyl (C=O) groups is 3. The number of ether oxygens (including phenoxy) is 2. The van der Waals surface area contributed by atoms with E-state index in [-0.39, 0.29) is 18.4 Å². The van der Waals surface area contributed by atoms with Crippen molar-refractivity contribution in [1.29, 1.82) is 0 Å². The first-order chi connectivity index (χ1) is 13.8. The van der Waals surface area contributed by atoms with Crippen LogP contribution in [0.2, 0.25) is 0 Å². The molecule has 0 saturated carbocycles. The Bertz CT molecular complexity index is 699. The Morgan fingerprint density at radius 2 is 1.72 bits per heavy atom. The maximum absolute atomic E-state index is 12.4. The monoisotopic (exact) mass is 406 g/mol. The average molecular weight is 406 g/mol. The second-order valence-corrected chi connectivity index (χ2v) is 7.36. The zero-order chi connectivity index (χ0) is 21.4. The summed E-state index contributed by atoms with van der Waals surface area (Å²) in [5.41, 5.74) is 6.18. The van der Waals surface area contributed by atoms with Crippen LogP contribution in [0.15, 0.2) is 24.3 Å². The van der Waals surface area contributed by atoms with Gasteiger partial charge < -0.3 is 30.3 Å². The Morgan fingerprint density at radius 1 is 1.10 bits per heavy atom. The van der Waals surface area contributed by atoms with Gasteiger partial charge in [-0.1, -0.05) is 13.8 Å². The highest BCUT2D eigenvalue weighted by atomic mass is 16.5. The van der Waals surface area contributed by atoms with Gasteiger partial charge in [-0.15, -0.1) is 0 Å². The predicted molar refractivity (Wildman–Crippen MR) is 109 cm³/mol. The van der Waals surface area contributed by atoms with Crippen LogP contribution in [-0.2, 0) is 14.3 Å². The number of nitrogens with two attached hydrogens (primary N) is 1. The van der Waals surface area contributed by atoms with E-state index in [2.05, 4.69) is 10.2 Å². The first kappa shape index (κ1) is 22.3. The fraction of sp³-hybridized carbons (Fsp3) is 0.550. The van der Waals surface area contributed by atoms with Crippen LogP contribution < -0.4 is 20.7 Å². The molecular weight excluding hydrogens is 376 g/mol. The standard InChI is InChI=1S/C20H30N4O5/c1-14(2)12-17(22-20(21)27)19(26)29-13-18(25)24-10-8-23(9-11-24)15-4-6-16(28-3)7-5-15/h4-7,14,17H,8-13H2,1-3H3,(H3,21,22,27). The predicted octanol–water partition coefficient (Wildman–Crippen LogP) is 0.970. The molecule has 0 spiro atoms. The summed E-state index contributed by atoms with van der Waals surface area (Å²) in [5.74, 6) is 0.0462. The van der Waals surface area contributed by atoms with E-state index in [1.807, 2.05) is 38.1 Å². The lowest BCUT2D eigenvalue weighted by molar-refractivity contribution is -0.154. The maximum atomic E-state index is 12.4. The van der Waals surface area contributed by atoms with Crippen molar-refractivity contribution in [2.75, 3.05) is 44.8 Å². The number of carbonyl (C=O) groups excluding carboxylic acids is 3. The third-order valence-corrected chi connectivity index (χ3v) is 4.72. The summed E-state index contributed by atoms with van der Waals surface area (Å²) >= 11 is 0. The van der Waals surface area contributed by atoms with Gasteiger partial charge in [0.15, 0.2) is 6.61 Å². The molecule has 1 aliphatic rings. The van der Waals surface area contributed by atoms with Crippen molar-refractivity contribution < 1.29 is 23.9 Å². The lowest BCUT2D eigenvalue weighted by Gasteiger charge is -2.36. The smallest absolute Gasteiger partial charge is 0.329 e. The number of hydrogen-bond acceptors (Lipinski definition) is 6. The summed E-state index contributed by atoms with van der Waals surface area (Å²) in [6.45, 7) is 5.93. The minimum Gasteiger partial charge on any atom is -0.497 e. The number of esters is 1. The number of methoxy groups -OCH3 is 1. The zero-order valence-electron chi connectivity index (χ0n) is 17.2. The number of amides is 3. The lowest BCUT2D eigenvalue weighted by atomic mass is 10.0. The van der Waals surface area contributed by atoms with Crippen LogP contribution in [0.3, 0.4) is 0 Å². The van der Waals surface area contributed by atoms with Crippen LogP contribution >= 0.6 is 0 Å². The summed E-state index contributed by atoms with van der Waals surface area (Å²) in [6, 6.07) is 6.12. The molecule has 3 N–H and O–H groups in total. The summed E-state index contributed by atoms with van der Waals surface area (Å²) in [6.07, 6.45) is 0.385. The Kier molecular flexibility index (Phi) is 8.11. The Morgan fingerprint density at radius 3 is 2.24 bits per heavy atom. The molecule has 0 bridgehead atoms. The third kappa shape index (κ3) is 6.85. The minimum absolute atomic E-state index is 0.154. The molecule has 1 saturated heterocycles. The van der Waals surface area contributed by atoms with E-state index in [1.165, 1.54) is 0 Å². The highest BCUT2D eigenvalue weighted by Crippen LogP contribution is 2.20. The summed E-state index contributed by atoms with van der Waals surface area (Å²) < 4.78 is 10.3. The van der Waals surface area contributed by atoms with Crippen LogP contribution in [0.25, 0.3) is 0 Å². The maximum Gasteiger partial charge on any atom is 0.329 e. The lowest BCUT2D eigenvalue weighted by Crippen LogP contribution is -2.50. The van der Waals surface area contributed by atoms with Gasteiger partial charge in [-0.05, 0) is 36.6 Å². The summed E-state index contributed by atoms with van der Waals surface area (Å²) in [4.78, 5) is 39.5. The number of primary amides is 1. The SMILES string of the molecule is COc1ccc(N2CCN(C(=O)COC(=O)C(CC(C)C)NC(N)=O)CC2)cc1. The van der Waals surface area contributed by atoms with E-state index in [1.54, 1.807) is 12.0 Å². The average Bonchev–Trinajstić information content (AvgIpc) is 2.70. The molecule has 9 heteroatoms. The normalized spacial score (nSPS) is 15.0. The van der Waals surface area contributed by atoms with Gasteiger partial charge in [0.1, 0.15) is 11.8 Å². The van der Waals surface area contributed by atoms with Gasteiger partial charge in [0.2, 0.25) is 0 Å². The molecular formula is C20H30N4O5. The number of urea groups is 1. The van der Waals surface area contributed by atoms with Gasteiger partial charge >= 0.3 is 12.0 Å². The number of nitrogens with zero attached hydrogens (tertiary/aromatic N) is 2. The van der Waals surface area contributed by atoms with Gasteiger partial charge in [0, 0.05) is 31.9 Å². The minimum atomic E-state index is -0.854. The van der Waals surface area contributed by atoms with Gasteiger partial charge in [-0.3, -0.25) is 4.79 Å². The van der Waals surface area contributed by atoms with Crippen LogP contribution in [0, 0.1) is 5.92 Å². The van der Waals surface area contributed by atoms with E-state index in [0.29, 0.717) is 32.6 Å². The first-order valence-corrected chi connectivity index (χ1v) is 9.69. The Hall–Kier alpha value is -2.97. The fourth-order valence-corrected chi connectivity index (χ4v) is 3.19. The van der Waals surface area contributed by atoms with Gasteiger partial charge in [-0.25, -0.2) is 9.59 Å². The molecule has 1 aliphatic heterocycles. The van der Waals surface area contributed by atoms with E-state index < -0.39 is 18.0 Å². The summed E-state index contributed by atoms with van der Waals surface area (Å²) in [7, 11) is 1.63. The van der Waals surface area contributed by atoms with E-state index in [4.69, 9.17) is 15.2 Å². The van der Waals surface area contributed by atoms with Crippen molar-refractivity contribution in [3.8, 4) is 5.75 Å². The van der Waals surface area contributed by atoms with Crippen molar-refractivity contribution in [2.24, 2.45) is 11.7 Å². The largest absolute Gasteiger partial charge is 0.497 e. The molecule has 1 heterocycles. The molecule has 2 rings (SSSR count). The molecule has 1 atom stereocenters. The van der Waals surface area contributed by atoms with Gasteiger partial charge in [-0.2, -0.15) is 0 Å². The number of hydrogen-bond donors (Lipinski definition) is 2. The molecule has 0 aromatic heterocycles. The summed E-state index contributed by atoms with van der Waals surface area (Å²) in [5, 5.41) is 2.37. The quantitative estimate of drug-likeness (QED) is 0.622. The number of benzene rings is 1. The van der Waals surface area contributed by atoms with Crippen LogP contribution in [-0.4, -0.2) is 68.7 Å². The molecule has 0 radical (unpaired) electrons. The highest BCUT2D eigenvalue weighted by Gasteiger charge is 2.26. The molecule has 3 amide bonds. The molecule has 1 aromatic carbocycles. The van der Waals surface area contributed by atoms with E-state index in [9.17, 15) is 14.4 Å². The van der Waals surface area contributed by atoms with Crippen LogP contribution in [0.5, 0.6) is 5.75 Å². The molecule has 9 nitrogen and oxygen atoms in total. The van der Waals surface area contributed by atoms with E-state index in [0.717, 1.165) is 11.4 Å². The van der Waals surface area contributed by atoms with Crippen molar-refractivity contribution in [2.45, 2.75) is 26.3 Å². The Labute approximate surface area is 171 Å². The third-order valence-electron chi connectivity index (χ3n) is 4.72. The number of piperazine rings is 1. The van der Waals surface area contributed by atoms with Crippen molar-refractivity contribution in [3.63, 3.8) is 0 Å². The van der Waals surface area contributed by atoms with Crippen LogP contribution in [0.1, 0.15) is 20.3 Å². The van der Waals surface area contributed by atoms with Crippen molar-refractivity contribution in [3.05, 3.63) is 24.3 Å². The van der Waals surface area contributed by atoms with Gasteiger partial charge in [0.05, 0.1) is 7.11 Å². The number of nitrogens with one attached hydrogen (secondary N) is 1. The second-order valence-electron chi connectivity index (χ2n) is 7.36. The molecule has 160 valence electrons. The number of anilines is 1.